The van der Waals surface area contributed by atoms with Gasteiger partial charge in [-0.3, -0.25) is 4.79 Å². The third-order valence-electron chi connectivity index (χ3n) is 1.76. The van der Waals surface area contributed by atoms with Gasteiger partial charge in [0.05, 0.1) is 13.2 Å². The predicted octanol–water partition coefficient (Wildman–Crippen LogP) is 1.17. The summed E-state index contributed by atoms with van der Waals surface area (Å²) in [5.74, 6) is 0.598. The minimum absolute atomic E-state index is 0.0625. The van der Waals surface area contributed by atoms with Crippen LogP contribution >= 0.6 is 11.6 Å². The molecule has 15 heavy (non-hydrogen) atoms. The lowest BCUT2D eigenvalue weighted by Crippen LogP contribution is -2.25. The highest BCUT2D eigenvalue weighted by molar-refractivity contribution is 6.17. The van der Waals surface area contributed by atoms with Crippen molar-refractivity contribution in [2.45, 2.75) is 19.3 Å². The number of amides is 1. The number of hydrogen-bond donors (Lipinski definition) is 1. The standard InChI is InChI=1S/C10H20ClNO3/c1-14-8-9-15-7-3-6-12-10(13)4-2-5-11/h2-9H2,1H3,(H,12,13). The second kappa shape index (κ2) is 11.8. The smallest absolute Gasteiger partial charge is 0.220 e. The van der Waals surface area contributed by atoms with Gasteiger partial charge in [0, 0.05) is 32.6 Å². The maximum atomic E-state index is 11.1. The Morgan fingerprint density at radius 2 is 2.07 bits per heavy atom. The van der Waals surface area contributed by atoms with Gasteiger partial charge < -0.3 is 14.8 Å². The third kappa shape index (κ3) is 11.6. The van der Waals surface area contributed by atoms with Crippen molar-refractivity contribution in [1.29, 1.82) is 0 Å². The largest absolute Gasteiger partial charge is 0.382 e. The van der Waals surface area contributed by atoms with Crippen LogP contribution < -0.4 is 5.32 Å². The van der Waals surface area contributed by atoms with Crippen LogP contribution in [-0.2, 0) is 14.3 Å². The summed E-state index contributed by atoms with van der Waals surface area (Å²) in [5, 5.41) is 2.80. The molecule has 90 valence electrons. The van der Waals surface area contributed by atoms with Crippen molar-refractivity contribution in [1.82, 2.24) is 5.32 Å². The Morgan fingerprint density at radius 1 is 1.27 bits per heavy atom. The van der Waals surface area contributed by atoms with E-state index in [1.165, 1.54) is 0 Å². The first kappa shape index (κ1) is 14.7. The Morgan fingerprint density at radius 3 is 2.73 bits per heavy atom. The van der Waals surface area contributed by atoms with E-state index in [4.69, 9.17) is 21.1 Å². The van der Waals surface area contributed by atoms with Crippen LogP contribution in [0.3, 0.4) is 0 Å². The molecule has 0 heterocycles. The number of alkyl halides is 1. The van der Waals surface area contributed by atoms with Crippen molar-refractivity contribution in [3.05, 3.63) is 0 Å². The van der Waals surface area contributed by atoms with Gasteiger partial charge in [0.25, 0.3) is 0 Å². The highest BCUT2D eigenvalue weighted by atomic mass is 35.5. The molecule has 0 atom stereocenters. The van der Waals surface area contributed by atoms with E-state index in [1.807, 2.05) is 0 Å². The fraction of sp³-hybridized carbons (Fsp3) is 0.900. The molecule has 1 N–H and O–H groups in total. The molecular weight excluding hydrogens is 218 g/mol. The molecule has 0 aliphatic rings. The lowest BCUT2D eigenvalue weighted by Gasteiger charge is -2.05. The van der Waals surface area contributed by atoms with Gasteiger partial charge in [-0.25, -0.2) is 0 Å². The summed E-state index contributed by atoms with van der Waals surface area (Å²) in [5.41, 5.74) is 0. The van der Waals surface area contributed by atoms with Crippen LogP contribution in [-0.4, -0.2) is 45.3 Å². The van der Waals surface area contributed by atoms with Crippen molar-refractivity contribution >= 4 is 17.5 Å². The van der Waals surface area contributed by atoms with Gasteiger partial charge >= 0.3 is 0 Å². The van der Waals surface area contributed by atoms with Crippen molar-refractivity contribution in [2.75, 3.05) is 39.4 Å². The molecular formula is C10H20ClNO3. The van der Waals surface area contributed by atoms with Crippen molar-refractivity contribution in [3.63, 3.8) is 0 Å². The molecule has 1 amide bonds. The van der Waals surface area contributed by atoms with Crippen LogP contribution in [0.1, 0.15) is 19.3 Å². The Hall–Kier alpha value is -0.320. The van der Waals surface area contributed by atoms with E-state index < -0.39 is 0 Å². The van der Waals surface area contributed by atoms with Gasteiger partial charge in [-0.2, -0.15) is 0 Å². The predicted molar refractivity (Wildman–Crippen MR) is 60.3 cm³/mol. The summed E-state index contributed by atoms with van der Waals surface area (Å²) in [6, 6.07) is 0. The summed E-state index contributed by atoms with van der Waals surface area (Å²) < 4.78 is 10.1. The van der Waals surface area contributed by atoms with Gasteiger partial charge in [0.2, 0.25) is 5.91 Å². The highest BCUT2D eigenvalue weighted by Crippen LogP contribution is 1.91. The second-order valence-electron chi connectivity index (χ2n) is 3.10. The number of nitrogens with one attached hydrogen (secondary N) is 1. The zero-order valence-electron chi connectivity index (χ0n) is 9.26. The molecule has 0 rings (SSSR count). The number of ether oxygens (including phenoxy) is 2. The van der Waals surface area contributed by atoms with Gasteiger partial charge in [-0.1, -0.05) is 0 Å². The first-order valence-electron chi connectivity index (χ1n) is 5.20. The Labute approximate surface area is 96.3 Å². The van der Waals surface area contributed by atoms with Crippen LogP contribution in [0.2, 0.25) is 0 Å². The molecule has 0 spiro atoms. The SMILES string of the molecule is COCCOCCCNC(=O)CCCCl. The molecule has 0 radical (unpaired) electrons. The van der Waals surface area contributed by atoms with E-state index in [0.717, 1.165) is 12.8 Å². The molecule has 0 aromatic rings. The molecule has 0 bridgehead atoms. The van der Waals surface area contributed by atoms with E-state index in [1.54, 1.807) is 7.11 Å². The van der Waals surface area contributed by atoms with Gasteiger partial charge in [0.1, 0.15) is 0 Å². The van der Waals surface area contributed by atoms with Crippen LogP contribution in [0.5, 0.6) is 0 Å². The highest BCUT2D eigenvalue weighted by Gasteiger charge is 1.98. The fourth-order valence-electron chi connectivity index (χ4n) is 0.962. The van der Waals surface area contributed by atoms with Crippen molar-refractivity contribution < 1.29 is 14.3 Å². The van der Waals surface area contributed by atoms with E-state index >= 15 is 0 Å². The number of carbonyl (C=O) groups excluding carboxylic acids is 1. The average molecular weight is 238 g/mol. The number of hydrogen-bond acceptors (Lipinski definition) is 3. The lowest BCUT2D eigenvalue weighted by molar-refractivity contribution is -0.121. The Kier molecular flexibility index (Phi) is 11.5. The molecule has 5 heteroatoms. The zero-order valence-corrected chi connectivity index (χ0v) is 10.0. The van der Waals surface area contributed by atoms with Crippen molar-refractivity contribution in [2.24, 2.45) is 0 Å². The molecule has 0 aliphatic heterocycles. The summed E-state index contributed by atoms with van der Waals surface area (Å²) in [4.78, 5) is 11.1. The van der Waals surface area contributed by atoms with E-state index in [0.29, 0.717) is 38.7 Å². The fourth-order valence-corrected chi connectivity index (χ4v) is 1.10. The first-order chi connectivity index (χ1) is 7.31. The molecule has 0 saturated heterocycles. The molecule has 4 nitrogen and oxygen atoms in total. The molecule has 0 aromatic carbocycles. The van der Waals surface area contributed by atoms with E-state index in [2.05, 4.69) is 5.32 Å². The van der Waals surface area contributed by atoms with E-state index in [9.17, 15) is 4.79 Å². The maximum Gasteiger partial charge on any atom is 0.220 e. The Balaban J connectivity index is 3.06. The first-order valence-corrected chi connectivity index (χ1v) is 5.74. The molecule has 0 saturated carbocycles. The van der Waals surface area contributed by atoms with Crippen LogP contribution in [0, 0.1) is 0 Å². The molecule has 0 fully saturated rings. The number of rotatable bonds is 10. The minimum Gasteiger partial charge on any atom is -0.382 e. The van der Waals surface area contributed by atoms with Crippen molar-refractivity contribution in [3.8, 4) is 0 Å². The van der Waals surface area contributed by atoms with Crippen LogP contribution in [0.4, 0.5) is 0 Å². The van der Waals surface area contributed by atoms with Gasteiger partial charge in [0.15, 0.2) is 0 Å². The Bertz CT molecular complexity index is 156. The topological polar surface area (TPSA) is 47.6 Å². The quantitative estimate of drug-likeness (QED) is 0.459. The summed E-state index contributed by atoms with van der Waals surface area (Å²) in [6.45, 7) is 2.53. The normalized spacial score (nSPS) is 10.3. The van der Waals surface area contributed by atoms with Crippen LogP contribution in [0.25, 0.3) is 0 Å². The number of carbonyl (C=O) groups is 1. The van der Waals surface area contributed by atoms with E-state index in [-0.39, 0.29) is 5.91 Å². The molecule has 0 unspecified atom stereocenters. The summed E-state index contributed by atoms with van der Waals surface area (Å²) >= 11 is 5.47. The lowest BCUT2D eigenvalue weighted by atomic mass is 10.3. The minimum atomic E-state index is 0.0625. The third-order valence-corrected chi connectivity index (χ3v) is 2.02. The summed E-state index contributed by atoms with van der Waals surface area (Å²) in [6.07, 6.45) is 2.07. The zero-order chi connectivity index (χ0) is 11.4. The van der Waals surface area contributed by atoms with Gasteiger partial charge in [-0.05, 0) is 12.8 Å². The van der Waals surface area contributed by atoms with Gasteiger partial charge in [-0.15, -0.1) is 11.6 Å². The molecule has 0 aliphatic carbocycles. The maximum absolute atomic E-state index is 11.1. The number of methoxy groups -OCH3 is 1. The van der Waals surface area contributed by atoms with Crippen LogP contribution in [0.15, 0.2) is 0 Å². The second-order valence-corrected chi connectivity index (χ2v) is 3.48. The number of halogens is 1. The summed E-state index contributed by atoms with van der Waals surface area (Å²) in [7, 11) is 1.64. The molecule has 0 aromatic heterocycles. The monoisotopic (exact) mass is 237 g/mol. The average Bonchev–Trinajstić information content (AvgIpc) is 2.25.